The summed E-state index contributed by atoms with van der Waals surface area (Å²) < 4.78 is 2.84. The average Bonchev–Trinajstić information content (AvgIpc) is 3.16. The molecule has 0 saturated heterocycles. The van der Waals surface area contributed by atoms with Crippen LogP contribution in [0.3, 0.4) is 0 Å². The number of thiophene rings is 1. The first-order valence-electron chi connectivity index (χ1n) is 7.73. The van der Waals surface area contributed by atoms with E-state index in [0.717, 1.165) is 21.3 Å². The fourth-order valence-electron chi connectivity index (χ4n) is 2.49. The second kappa shape index (κ2) is 7.32. The van der Waals surface area contributed by atoms with E-state index in [2.05, 4.69) is 33.3 Å². The molecular weight excluding hydrogens is 386 g/mol. The average molecular weight is 404 g/mol. The van der Waals surface area contributed by atoms with E-state index in [4.69, 9.17) is 0 Å². The molecule has 4 nitrogen and oxygen atoms in total. The molecule has 0 radical (unpaired) electrons. The molecule has 0 fully saturated rings. The summed E-state index contributed by atoms with van der Waals surface area (Å²) in [4.78, 5) is 14.5. The third kappa shape index (κ3) is 3.76. The summed E-state index contributed by atoms with van der Waals surface area (Å²) in [7, 11) is 0. The molecule has 0 aliphatic heterocycles. The topological polar surface area (TPSA) is 46.9 Å². The van der Waals surface area contributed by atoms with Gasteiger partial charge >= 0.3 is 0 Å². The Morgan fingerprint density at radius 3 is 2.71 bits per heavy atom. The lowest BCUT2D eigenvalue weighted by Crippen LogP contribution is -2.15. The molecule has 2 aromatic heterocycles. The van der Waals surface area contributed by atoms with Crippen molar-refractivity contribution in [3.8, 4) is 0 Å². The Labute approximate surface area is 153 Å². The van der Waals surface area contributed by atoms with Crippen molar-refractivity contribution < 1.29 is 4.79 Å². The number of carbonyl (C=O) groups excluding carboxylic acids is 1. The van der Waals surface area contributed by atoms with Crippen molar-refractivity contribution in [1.82, 2.24) is 9.78 Å². The summed E-state index contributed by atoms with van der Waals surface area (Å²) in [5.74, 6) is 0.618. The lowest BCUT2D eigenvalue weighted by Gasteiger charge is -2.08. The maximum absolute atomic E-state index is 12.5. The molecular formula is C18H18BrN3OS. The Bertz CT molecular complexity index is 852. The Balaban J connectivity index is 1.75. The van der Waals surface area contributed by atoms with Gasteiger partial charge in [0.15, 0.2) is 0 Å². The number of amides is 1. The van der Waals surface area contributed by atoms with Gasteiger partial charge in [0.25, 0.3) is 5.91 Å². The highest BCUT2D eigenvalue weighted by Gasteiger charge is 2.14. The number of aromatic nitrogens is 2. The number of aryl methyl sites for hydroxylation is 2. The van der Waals surface area contributed by atoms with Gasteiger partial charge in [-0.2, -0.15) is 5.10 Å². The number of carbonyl (C=O) groups is 1. The Morgan fingerprint density at radius 1 is 1.29 bits per heavy atom. The molecule has 0 atom stereocenters. The van der Waals surface area contributed by atoms with E-state index in [1.807, 2.05) is 43.3 Å². The molecule has 0 spiro atoms. The number of anilines is 1. The summed E-state index contributed by atoms with van der Waals surface area (Å²) in [6, 6.07) is 11.8. The zero-order valence-electron chi connectivity index (χ0n) is 13.5. The molecule has 6 heteroatoms. The van der Waals surface area contributed by atoms with Gasteiger partial charge in [-0.3, -0.25) is 4.79 Å². The number of nitrogens with one attached hydrogen (secondary N) is 1. The van der Waals surface area contributed by atoms with Crippen LogP contribution in [0.25, 0.3) is 0 Å². The van der Waals surface area contributed by atoms with E-state index < -0.39 is 0 Å². The van der Waals surface area contributed by atoms with Gasteiger partial charge in [-0.1, -0.05) is 35.0 Å². The Hall–Kier alpha value is -1.92. The Kier molecular flexibility index (Phi) is 5.16. The number of benzene rings is 1. The Morgan fingerprint density at radius 2 is 2.04 bits per heavy atom. The lowest BCUT2D eigenvalue weighted by atomic mass is 10.2. The summed E-state index contributed by atoms with van der Waals surface area (Å²) in [5.41, 5.74) is 2.30. The molecule has 2 heterocycles. The molecule has 1 aromatic carbocycles. The van der Waals surface area contributed by atoms with Gasteiger partial charge in [0.05, 0.1) is 17.6 Å². The maximum Gasteiger partial charge on any atom is 0.266 e. The summed E-state index contributed by atoms with van der Waals surface area (Å²) in [6.07, 6.45) is 2.65. The first-order chi connectivity index (χ1) is 11.6. The summed E-state index contributed by atoms with van der Waals surface area (Å²) in [5, 5.41) is 7.28. The van der Waals surface area contributed by atoms with E-state index in [1.165, 1.54) is 10.4 Å². The predicted molar refractivity (Wildman–Crippen MR) is 102 cm³/mol. The number of rotatable bonds is 5. The van der Waals surface area contributed by atoms with Crippen LogP contribution in [0.5, 0.6) is 0 Å². The van der Waals surface area contributed by atoms with Crippen LogP contribution in [0.1, 0.15) is 32.6 Å². The molecule has 0 unspecified atom stereocenters. The van der Waals surface area contributed by atoms with Crippen LogP contribution in [0.2, 0.25) is 0 Å². The van der Waals surface area contributed by atoms with Crippen molar-refractivity contribution in [1.29, 1.82) is 0 Å². The molecule has 0 saturated carbocycles. The van der Waals surface area contributed by atoms with Crippen LogP contribution in [0, 0.1) is 6.92 Å². The van der Waals surface area contributed by atoms with Gasteiger partial charge < -0.3 is 5.32 Å². The summed E-state index contributed by atoms with van der Waals surface area (Å²) >= 11 is 4.99. The molecule has 0 bridgehead atoms. The molecule has 3 rings (SSSR count). The van der Waals surface area contributed by atoms with E-state index in [9.17, 15) is 4.79 Å². The minimum Gasteiger partial charge on any atom is -0.306 e. The van der Waals surface area contributed by atoms with Gasteiger partial charge in [-0.15, -0.1) is 11.3 Å². The standard InChI is InChI=1S/C18H18BrN3OS/c1-3-15-12(2)10-16(24-15)18(23)21-17-8-9-20-22(17)11-13-4-6-14(19)7-5-13/h4-10H,3,11H2,1-2H3,(H,21,23). The van der Waals surface area contributed by atoms with Crippen molar-refractivity contribution in [3.63, 3.8) is 0 Å². The van der Waals surface area contributed by atoms with Gasteiger partial charge in [0.1, 0.15) is 5.82 Å². The molecule has 3 aromatic rings. The first-order valence-corrected chi connectivity index (χ1v) is 9.34. The highest BCUT2D eigenvalue weighted by molar-refractivity contribution is 9.10. The van der Waals surface area contributed by atoms with Crippen LogP contribution in [-0.2, 0) is 13.0 Å². The minimum absolute atomic E-state index is 0.0830. The summed E-state index contributed by atoms with van der Waals surface area (Å²) in [6.45, 7) is 4.76. The fraction of sp³-hybridized carbons (Fsp3) is 0.222. The van der Waals surface area contributed by atoms with Crippen LogP contribution < -0.4 is 5.32 Å². The van der Waals surface area contributed by atoms with Crippen molar-refractivity contribution in [2.24, 2.45) is 0 Å². The fourth-order valence-corrected chi connectivity index (χ4v) is 3.76. The molecule has 124 valence electrons. The normalized spacial score (nSPS) is 10.8. The number of halogens is 1. The largest absolute Gasteiger partial charge is 0.306 e. The first kappa shape index (κ1) is 16.9. The van der Waals surface area contributed by atoms with E-state index in [0.29, 0.717) is 12.4 Å². The lowest BCUT2D eigenvalue weighted by molar-refractivity contribution is 0.102. The highest BCUT2D eigenvalue weighted by atomic mass is 79.9. The molecule has 1 N–H and O–H groups in total. The number of hydrogen-bond donors (Lipinski definition) is 1. The van der Waals surface area contributed by atoms with Crippen molar-refractivity contribution in [2.45, 2.75) is 26.8 Å². The minimum atomic E-state index is -0.0830. The maximum atomic E-state index is 12.5. The zero-order chi connectivity index (χ0) is 17.1. The molecule has 1 amide bonds. The van der Waals surface area contributed by atoms with Gasteiger partial charge in [-0.25, -0.2) is 4.68 Å². The third-order valence-electron chi connectivity index (χ3n) is 3.77. The highest BCUT2D eigenvalue weighted by Crippen LogP contribution is 2.23. The van der Waals surface area contributed by atoms with E-state index in [1.54, 1.807) is 22.2 Å². The second-order valence-electron chi connectivity index (χ2n) is 5.53. The smallest absolute Gasteiger partial charge is 0.266 e. The molecule has 0 aliphatic carbocycles. The van der Waals surface area contributed by atoms with E-state index in [-0.39, 0.29) is 5.91 Å². The van der Waals surface area contributed by atoms with Gasteiger partial charge in [-0.05, 0) is 42.7 Å². The van der Waals surface area contributed by atoms with Crippen molar-refractivity contribution in [2.75, 3.05) is 5.32 Å². The predicted octanol–water partition coefficient (Wildman–Crippen LogP) is 4.88. The van der Waals surface area contributed by atoms with Crippen molar-refractivity contribution in [3.05, 3.63) is 67.9 Å². The third-order valence-corrected chi connectivity index (χ3v) is 5.68. The SMILES string of the molecule is CCc1sc(C(=O)Nc2ccnn2Cc2ccc(Br)cc2)cc1C. The van der Waals surface area contributed by atoms with Crippen LogP contribution in [0.4, 0.5) is 5.82 Å². The zero-order valence-corrected chi connectivity index (χ0v) is 15.9. The second-order valence-corrected chi connectivity index (χ2v) is 7.58. The van der Waals surface area contributed by atoms with Crippen LogP contribution in [-0.4, -0.2) is 15.7 Å². The number of nitrogens with zero attached hydrogens (tertiary/aromatic N) is 2. The van der Waals surface area contributed by atoms with Crippen molar-refractivity contribution >= 4 is 39.0 Å². The monoisotopic (exact) mass is 403 g/mol. The van der Waals surface area contributed by atoms with Crippen LogP contribution >= 0.6 is 27.3 Å². The molecule has 24 heavy (non-hydrogen) atoms. The van der Waals surface area contributed by atoms with Gasteiger partial charge in [0.2, 0.25) is 0 Å². The van der Waals surface area contributed by atoms with Gasteiger partial charge in [0, 0.05) is 15.4 Å². The quantitative estimate of drug-likeness (QED) is 0.659. The number of hydrogen-bond acceptors (Lipinski definition) is 3. The van der Waals surface area contributed by atoms with Crippen LogP contribution in [0.15, 0.2) is 47.1 Å². The van der Waals surface area contributed by atoms with E-state index >= 15 is 0 Å². The molecule has 0 aliphatic rings.